The largest absolute Gasteiger partial charge is 0.325 e. The molecule has 0 aliphatic carbocycles. The van der Waals surface area contributed by atoms with Crippen molar-refractivity contribution in [2.45, 2.75) is 18.9 Å². The molecule has 58 valence electrons. The minimum Gasteiger partial charge on any atom is -0.325 e. The molecule has 2 aliphatic heterocycles. The van der Waals surface area contributed by atoms with Gasteiger partial charge in [0.2, 0.25) is 0 Å². The van der Waals surface area contributed by atoms with Gasteiger partial charge in [-0.2, -0.15) is 0 Å². The molecule has 2 heterocycles. The van der Waals surface area contributed by atoms with Gasteiger partial charge >= 0.3 is 0 Å². The average molecular weight is 161 g/mol. The zero-order valence-electron chi connectivity index (χ0n) is 6.12. The Morgan fingerprint density at radius 3 is 3.40 bits per heavy atom. The molecule has 10 heavy (non-hydrogen) atoms. The molecule has 2 aliphatic rings. The molecular weight excluding hydrogens is 149 g/mol. The first-order valence-corrected chi connectivity index (χ1v) is 4.78. The second-order valence-corrected chi connectivity index (χ2v) is 4.29. The summed E-state index contributed by atoms with van der Waals surface area (Å²) >= 11 is 0. The Labute approximate surface area is 62.3 Å². The first kappa shape index (κ1) is 6.99. The van der Waals surface area contributed by atoms with E-state index < -0.39 is 8.53 Å². The number of nitrogens with zero attached hydrogens (tertiary/aromatic N) is 1. The molecule has 0 aromatic rings. The van der Waals surface area contributed by atoms with Crippen LogP contribution in [0.25, 0.3) is 0 Å². The molecule has 2 saturated heterocycles. The zero-order chi connectivity index (χ0) is 6.97. The third-order valence-electron chi connectivity index (χ3n) is 2.09. The molecule has 0 spiro atoms. The third kappa shape index (κ3) is 0.978. The number of hydrogen-bond donors (Lipinski definition) is 0. The SMILES string of the molecule is COP1OC[C@H]2CCCN21. The second kappa shape index (κ2) is 2.74. The van der Waals surface area contributed by atoms with Gasteiger partial charge in [-0.05, 0) is 12.8 Å². The van der Waals surface area contributed by atoms with Crippen LogP contribution in [0, 0.1) is 0 Å². The minimum atomic E-state index is -0.650. The van der Waals surface area contributed by atoms with Crippen molar-refractivity contribution in [3.8, 4) is 0 Å². The predicted octanol–water partition coefficient (Wildman–Crippen LogP) is 1.35. The fourth-order valence-electron chi connectivity index (χ4n) is 1.59. The van der Waals surface area contributed by atoms with E-state index in [9.17, 15) is 0 Å². The van der Waals surface area contributed by atoms with Gasteiger partial charge in [-0.3, -0.25) is 0 Å². The Morgan fingerprint density at radius 1 is 1.70 bits per heavy atom. The quantitative estimate of drug-likeness (QED) is 0.542. The van der Waals surface area contributed by atoms with E-state index in [1.807, 2.05) is 0 Å². The van der Waals surface area contributed by atoms with E-state index in [1.165, 1.54) is 19.4 Å². The topological polar surface area (TPSA) is 21.7 Å². The molecule has 2 fully saturated rings. The van der Waals surface area contributed by atoms with Crippen LogP contribution >= 0.6 is 8.53 Å². The molecule has 0 bridgehead atoms. The van der Waals surface area contributed by atoms with Crippen LogP contribution in [0.1, 0.15) is 12.8 Å². The molecular formula is C6H12NO2P. The monoisotopic (exact) mass is 161 g/mol. The molecule has 0 saturated carbocycles. The number of fused-ring (bicyclic) bond motifs is 1. The lowest BCUT2D eigenvalue weighted by Crippen LogP contribution is -2.19. The highest BCUT2D eigenvalue weighted by atomic mass is 31.2. The van der Waals surface area contributed by atoms with Crippen LogP contribution in [0.2, 0.25) is 0 Å². The van der Waals surface area contributed by atoms with Crippen LogP contribution < -0.4 is 0 Å². The van der Waals surface area contributed by atoms with Gasteiger partial charge in [0.1, 0.15) is 0 Å². The van der Waals surface area contributed by atoms with Gasteiger partial charge in [-0.25, -0.2) is 4.67 Å². The maximum absolute atomic E-state index is 5.44. The Kier molecular flexibility index (Phi) is 1.92. The lowest BCUT2D eigenvalue weighted by Gasteiger charge is -2.16. The van der Waals surface area contributed by atoms with Gasteiger partial charge in [0.15, 0.2) is 0 Å². The van der Waals surface area contributed by atoms with Crippen molar-refractivity contribution >= 4 is 8.53 Å². The highest BCUT2D eigenvalue weighted by Crippen LogP contribution is 2.51. The summed E-state index contributed by atoms with van der Waals surface area (Å²) in [5.41, 5.74) is 0. The normalized spacial score (nSPS) is 40.5. The standard InChI is InChI=1S/C6H12NO2P/c1-8-10-7-4-2-3-6(7)5-9-10/h6H,2-5H2,1H3/t6-,10?/m1/s1. The molecule has 0 amide bonds. The number of rotatable bonds is 1. The van der Waals surface area contributed by atoms with Crippen molar-refractivity contribution in [3.05, 3.63) is 0 Å². The Morgan fingerprint density at radius 2 is 2.60 bits per heavy atom. The first-order chi connectivity index (χ1) is 4.92. The molecule has 0 aromatic carbocycles. The summed E-state index contributed by atoms with van der Waals surface area (Å²) in [4.78, 5) is 0. The highest BCUT2D eigenvalue weighted by molar-refractivity contribution is 7.44. The van der Waals surface area contributed by atoms with Gasteiger partial charge in [0.25, 0.3) is 8.53 Å². The van der Waals surface area contributed by atoms with Gasteiger partial charge in [0, 0.05) is 19.7 Å². The van der Waals surface area contributed by atoms with E-state index in [0.717, 1.165) is 6.61 Å². The molecule has 0 N–H and O–H groups in total. The Balaban J connectivity index is 2.01. The summed E-state index contributed by atoms with van der Waals surface area (Å²) in [7, 11) is 1.08. The summed E-state index contributed by atoms with van der Waals surface area (Å²) in [5.74, 6) is 0. The fraction of sp³-hybridized carbons (Fsp3) is 1.00. The van der Waals surface area contributed by atoms with Crippen molar-refractivity contribution < 1.29 is 9.05 Å². The smallest absolute Gasteiger partial charge is 0.258 e. The van der Waals surface area contributed by atoms with Crippen LogP contribution in [0.15, 0.2) is 0 Å². The summed E-state index contributed by atoms with van der Waals surface area (Å²) < 4.78 is 13.0. The zero-order valence-corrected chi connectivity index (χ0v) is 7.01. The summed E-state index contributed by atoms with van der Waals surface area (Å²) in [5, 5.41) is 0. The third-order valence-corrected chi connectivity index (χ3v) is 3.72. The van der Waals surface area contributed by atoms with E-state index in [4.69, 9.17) is 9.05 Å². The van der Waals surface area contributed by atoms with E-state index in [-0.39, 0.29) is 0 Å². The van der Waals surface area contributed by atoms with Crippen LogP contribution in [0.3, 0.4) is 0 Å². The van der Waals surface area contributed by atoms with Gasteiger partial charge < -0.3 is 9.05 Å². The molecule has 2 rings (SSSR count). The molecule has 0 radical (unpaired) electrons. The van der Waals surface area contributed by atoms with E-state index in [2.05, 4.69) is 4.67 Å². The second-order valence-electron chi connectivity index (χ2n) is 2.68. The maximum Gasteiger partial charge on any atom is 0.258 e. The van der Waals surface area contributed by atoms with Crippen molar-refractivity contribution in [3.63, 3.8) is 0 Å². The molecule has 1 unspecified atom stereocenters. The lowest BCUT2D eigenvalue weighted by molar-refractivity contribution is 0.305. The summed E-state index contributed by atoms with van der Waals surface area (Å²) in [6.07, 6.45) is 2.61. The van der Waals surface area contributed by atoms with E-state index >= 15 is 0 Å². The predicted molar refractivity (Wildman–Crippen MR) is 39.6 cm³/mol. The first-order valence-electron chi connectivity index (χ1n) is 3.65. The Hall–Kier alpha value is 0.310. The van der Waals surface area contributed by atoms with Crippen molar-refractivity contribution in [2.75, 3.05) is 20.3 Å². The van der Waals surface area contributed by atoms with Crippen molar-refractivity contribution in [2.24, 2.45) is 0 Å². The summed E-state index contributed by atoms with van der Waals surface area (Å²) in [6, 6.07) is 0.672. The van der Waals surface area contributed by atoms with E-state index in [1.54, 1.807) is 7.11 Å². The van der Waals surface area contributed by atoms with Crippen LogP contribution in [-0.2, 0) is 9.05 Å². The number of hydrogen-bond acceptors (Lipinski definition) is 3. The van der Waals surface area contributed by atoms with Crippen LogP contribution in [-0.4, -0.2) is 31.0 Å². The van der Waals surface area contributed by atoms with Crippen molar-refractivity contribution in [1.82, 2.24) is 4.67 Å². The molecule has 2 atom stereocenters. The average Bonchev–Trinajstić information content (AvgIpc) is 2.44. The maximum atomic E-state index is 5.44. The van der Waals surface area contributed by atoms with E-state index in [0.29, 0.717) is 6.04 Å². The van der Waals surface area contributed by atoms with Crippen molar-refractivity contribution in [1.29, 1.82) is 0 Å². The minimum absolute atomic E-state index is 0.650. The van der Waals surface area contributed by atoms with Gasteiger partial charge in [-0.15, -0.1) is 0 Å². The van der Waals surface area contributed by atoms with Gasteiger partial charge in [-0.1, -0.05) is 0 Å². The van der Waals surface area contributed by atoms with Gasteiger partial charge in [0.05, 0.1) is 6.61 Å². The molecule has 0 aromatic heterocycles. The highest BCUT2D eigenvalue weighted by Gasteiger charge is 2.38. The molecule has 4 heteroatoms. The molecule has 3 nitrogen and oxygen atoms in total. The fourth-order valence-corrected chi connectivity index (χ4v) is 3.10. The van der Waals surface area contributed by atoms with Crippen LogP contribution in [0.5, 0.6) is 0 Å². The lowest BCUT2D eigenvalue weighted by atomic mass is 10.2. The Bertz CT molecular complexity index is 133. The van der Waals surface area contributed by atoms with Crippen LogP contribution in [0.4, 0.5) is 0 Å². The summed E-state index contributed by atoms with van der Waals surface area (Å²) in [6.45, 7) is 2.06.